The highest BCUT2D eigenvalue weighted by Crippen LogP contribution is 2.22. The van der Waals surface area contributed by atoms with Crippen molar-refractivity contribution in [2.24, 2.45) is 5.73 Å². The topological polar surface area (TPSA) is 96.6 Å². The van der Waals surface area contributed by atoms with E-state index in [0.717, 1.165) is 10.8 Å². The number of fused-ring (bicyclic) bond motifs is 1. The van der Waals surface area contributed by atoms with Gasteiger partial charge in [0.05, 0.1) is 11.4 Å². The molecule has 2 N–H and O–H groups in total. The van der Waals surface area contributed by atoms with Crippen LogP contribution in [0.25, 0.3) is 10.8 Å². The number of carbonyl (C=O) groups is 1. The van der Waals surface area contributed by atoms with Crippen LogP contribution in [0.4, 0.5) is 0 Å². The molecule has 1 aliphatic heterocycles. The van der Waals surface area contributed by atoms with Gasteiger partial charge < -0.3 is 10.6 Å². The van der Waals surface area contributed by atoms with Gasteiger partial charge in [0.2, 0.25) is 15.9 Å². The summed E-state index contributed by atoms with van der Waals surface area (Å²) in [5.41, 5.74) is 5.39. The van der Waals surface area contributed by atoms with Crippen LogP contribution < -0.4 is 5.73 Å². The van der Waals surface area contributed by atoms with Crippen LogP contribution in [0.2, 0.25) is 0 Å². The maximum atomic E-state index is 12.9. The molecule has 10 heteroatoms. The first-order valence-electron chi connectivity index (χ1n) is 7.84. The molecule has 1 aromatic carbocycles. The molecule has 0 spiro atoms. The van der Waals surface area contributed by atoms with Crippen molar-refractivity contribution in [1.82, 2.24) is 14.2 Å². The molecule has 2 aromatic rings. The van der Waals surface area contributed by atoms with Crippen molar-refractivity contribution in [2.45, 2.75) is 11.3 Å². The molecule has 3 rings (SSSR count). The van der Waals surface area contributed by atoms with Crippen molar-refractivity contribution in [3.8, 4) is 0 Å². The lowest BCUT2D eigenvalue weighted by Gasteiger charge is -2.21. The van der Waals surface area contributed by atoms with Gasteiger partial charge in [0.15, 0.2) is 0 Å². The normalized spacial score (nSPS) is 15.7. The molecule has 0 aliphatic carbocycles. The highest BCUT2D eigenvalue weighted by molar-refractivity contribution is 7.89. The second-order valence-corrected chi connectivity index (χ2v) is 7.67. The third-order valence-electron chi connectivity index (χ3n) is 4.23. The molecule has 1 aliphatic rings. The molecule has 1 amide bonds. The lowest BCUT2D eigenvalue weighted by molar-refractivity contribution is -0.129. The number of carbonyl (C=O) groups excluding carboxylic acids is 1. The number of nitrogens with two attached hydrogens (primary N) is 1. The second-order valence-electron chi connectivity index (χ2n) is 5.73. The van der Waals surface area contributed by atoms with Crippen LogP contribution in [0.1, 0.15) is 6.42 Å². The molecule has 1 aromatic heterocycles. The zero-order valence-corrected chi connectivity index (χ0v) is 16.5. The van der Waals surface area contributed by atoms with Crippen molar-refractivity contribution < 1.29 is 13.2 Å². The van der Waals surface area contributed by atoms with E-state index in [0.29, 0.717) is 26.1 Å². The van der Waals surface area contributed by atoms with E-state index in [1.807, 2.05) is 0 Å². The Morgan fingerprint density at radius 1 is 1.08 bits per heavy atom. The number of rotatable bonds is 3. The number of sulfonamides is 1. The van der Waals surface area contributed by atoms with E-state index >= 15 is 0 Å². The third-order valence-corrected chi connectivity index (χ3v) is 6.13. The summed E-state index contributed by atoms with van der Waals surface area (Å²) in [5.74, 6) is -0.146. The highest BCUT2D eigenvalue weighted by Gasteiger charge is 2.28. The summed E-state index contributed by atoms with van der Waals surface area (Å²) in [6.07, 6.45) is 3.94. The molecule has 0 atom stereocenters. The molecule has 2 heterocycles. The smallest absolute Gasteiger partial charge is 0.243 e. The zero-order chi connectivity index (χ0) is 17.2. The van der Waals surface area contributed by atoms with Gasteiger partial charge in [0, 0.05) is 44.0 Å². The van der Waals surface area contributed by atoms with Gasteiger partial charge in [0.25, 0.3) is 0 Å². The summed E-state index contributed by atoms with van der Waals surface area (Å²) >= 11 is 0. The molecular weight excluding hydrogens is 399 g/mol. The molecule has 0 radical (unpaired) electrons. The predicted octanol–water partition coefficient (Wildman–Crippen LogP) is 1.26. The Hall–Kier alpha value is -1.45. The van der Waals surface area contributed by atoms with Crippen LogP contribution in [0.3, 0.4) is 0 Å². The van der Waals surface area contributed by atoms with Gasteiger partial charge in [-0.3, -0.25) is 9.78 Å². The van der Waals surface area contributed by atoms with Crippen LogP contribution in [-0.4, -0.2) is 61.2 Å². The van der Waals surface area contributed by atoms with E-state index in [4.69, 9.17) is 5.73 Å². The highest BCUT2D eigenvalue weighted by atomic mass is 35.5. The van der Waals surface area contributed by atoms with Crippen LogP contribution in [0, 0.1) is 0 Å². The summed E-state index contributed by atoms with van der Waals surface area (Å²) in [4.78, 5) is 17.6. The fraction of sp³-hybridized carbons (Fsp3) is 0.375. The number of halogens is 2. The van der Waals surface area contributed by atoms with Crippen LogP contribution >= 0.6 is 24.8 Å². The van der Waals surface area contributed by atoms with Crippen molar-refractivity contribution >= 4 is 51.5 Å². The Labute approximate surface area is 165 Å². The van der Waals surface area contributed by atoms with E-state index in [1.165, 1.54) is 4.31 Å². The summed E-state index contributed by atoms with van der Waals surface area (Å²) in [6.45, 7) is 1.52. The van der Waals surface area contributed by atoms with Gasteiger partial charge in [-0.2, -0.15) is 4.31 Å². The minimum atomic E-state index is -3.59. The minimum Gasteiger partial charge on any atom is -0.340 e. The van der Waals surface area contributed by atoms with Gasteiger partial charge in [-0.1, -0.05) is 6.07 Å². The molecule has 0 saturated carbocycles. The second kappa shape index (κ2) is 9.48. The Bertz CT molecular complexity index is 863. The van der Waals surface area contributed by atoms with Gasteiger partial charge in [-0.05, 0) is 30.0 Å². The summed E-state index contributed by atoms with van der Waals surface area (Å²) in [6, 6.07) is 6.82. The number of nitrogens with zero attached hydrogens (tertiary/aromatic N) is 3. The molecule has 0 bridgehead atoms. The molecule has 144 valence electrons. The van der Waals surface area contributed by atoms with Gasteiger partial charge >= 0.3 is 0 Å². The van der Waals surface area contributed by atoms with Crippen LogP contribution in [0.15, 0.2) is 41.6 Å². The minimum absolute atomic E-state index is 0. The zero-order valence-electron chi connectivity index (χ0n) is 14.1. The summed E-state index contributed by atoms with van der Waals surface area (Å²) < 4.78 is 27.3. The molecule has 7 nitrogen and oxygen atoms in total. The van der Waals surface area contributed by atoms with E-state index < -0.39 is 10.0 Å². The van der Waals surface area contributed by atoms with E-state index in [9.17, 15) is 13.2 Å². The van der Waals surface area contributed by atoms with Crippen molar-refractivity contribution in [2.75, 3.05) is 32.7 Å². The number of pyridine rings is 1. The van der Waals surface area contributed by atoms with Gasteiger partial charge in [-0.25, -0.2) is 8.42 Å². The maximum Gasteiger partial charge on any atom is 0.243 e. The average Bonchev–Trinajstić information content (AvgIpc) is 2.87. The third kappa shape index (κ3) is 4.63. The first-order chi connectivity index (χ1) is 11.5. The number of hydrogen-bond donors (Lipinski definition) is 1. The summed E-state index contributed by atoms with van der Waals surface area (Å²) in [5, 5.41) is 1.73. The lowest BCUT2D eigenvalue weighted by Crippen LogP contribution is -2.39. The number of hydrogen-bond acceptors (Lipinski definition) is 5. The fourth-order valence-electron chi connectivity index (χ4n) is 2.88. The lowest BCUT2D eigenvalue weighted by atomic mass is 10.2. The molecule has 1 saturated heterocycles. The van der Waals surface area contributed by atoms with Crippen molar-refractivity contribution in [1.29, 1.82) is 0 Å². The monoisotopic (exact) mass is 420 g/mol. The number of aromatic nitrogens is 1. The van der Waals surface area contributed by atoms with Crippen molar-refractivity contribution in [3.05, 3.63) is 36.7 Å². The van der Waals surface area contributed by atoms with Crippen LogP contribution in [0.5, 0.6) is 0 Å². The van der Waals surface area contributed by atoms with Gasteiger partial charge in [0.1, 0.15) is 0 Å². The average molecular weight is 421 g/mol. The first kappa shape index (κ1) is 22.6. The predicted molar refractivity (Wildman–Crippen MR) is 105 cm³/mol. The maximum absolute atomic E-state index is 12.9. The molecular formula is C16H22Cl2N4O3S. The van der Waals surface area contributed by atoms with Crippen LogP contribution in [-0.2, 0) is 14.8 Å². The Morgan fingerprint density at radius 3 is 2.58 bits per heavy atom. The number of amides is 1. The SMILES string of the molecule is Cl.Cl.NCC(=O)N1CCCN(S(=O)(=O)c2ccc3cnccc3c2)CC1. The van der Waals surface area contributed by atoms with Gasteiger partial charge in [-0.15, -0.1) is 24.8 Å². The number of benzene rings is 1. The van der Waals surface area contributed by atoms with E-state index in [-0.39, 0.29) is 48.7 Å². The Balaban J connectivity index is 0.00000169. The Kier molecular flexibility index (Phi) is 8.23. The van der Waals surface area contributed by atoms with Crippen molar-refractivity contribution in [3.63, 3.8) is 0 Å². The fourth-order valence-corrected chi connectivity index (χ4v) is 4.39. The summed E-state index contributed by atoms with van der Waals surface area (Å²) in [7, 11) is -3.59. The van der Waals surface area contributed by atoms with E-state index in [1.54, 1.807) is 41.6 Å². The quantitative estimate of drug-likeness (QED) is 0.805. The standard InChI is InChI=1S/C16H20N4O3S.2ClH/c17-11-16(21)19-6-1-7-20(9-8-19)24(22,23)15-3-2-14-12-18-5-4-13(14)10-15;;/h2-5,10,12H,1,6-9,11,17H2;2*1H. The molecule has 1 fully saturated rings. The molecule has 0 unspecified atom stereocenters. The largest absolute Gasteiger partial charge is 0.340 e. The van der Waals surface area contributed by atoms with E-state index in [2.05, 4.69) is 4.98 Å². The Morgan fingerprint density at radius 2 is 1.85 bits per heavy atom. The first-order valence-corrected chi connectivity index (χ1v) is 9.28. The molecule has 26 heavy (non-hydrogen) atoms.